The third kappa shape index (κ3) is 5.48. The van der Waals surface area contributed by atoms with E-state index in [9.17, 15) is 14.7 Å². The number of ketones is 1. The number of ether oxygens (including phenoxy) is 2. The number of aliphatic hydroxyl groups excluding tert-OH is 1. The van der Waals surface area contributed by atoms with Gasteiger partial charge in [-0.15, -0.1) is 0 Å². The predicted octanol–water partition coefficient (Wildman–Crippen LogP) is 6.26. The first-order valence-electron chi connectivity index (χ1n) is 13.4. The third-order valence-corrected chi connectivity index (χ3v) is 7.02. The van der Waals surface area contributed by atoms with Gasteiger partial charge in [-0.3, -0.25) is 14.5 Å². The molecule has 0 bridgehead atoms. The second-order valence-corrected chi connectivity index (χ2v) is 9.46. The second kappa shape index (κ2) is 12.1. The van der Waals surface area contributed by atoms with E-state index < -0.39 is 17.7 Å². The van der Waals surface area contributed by atoms with Gasteiger partial charge in [-0.05, 0) is 92.9 Å². The van der Waals surface area contributed by atoms with Crippen LogP contribution in [-0.2, 0) is 9.59 Å². The van der Waals surface area contributed by atoms with Crippen molar-refractivity contribution in [3.05, 3.63) is 89.0 Å². The van der Waals surface area contributed by atoms with E-state index in [1.54, 1.807) is 37.4 Å². The molecule has 1 fully saturated rings. The molecule has 7 nitrogen and oxygen atoms in total. The van der Waals surface area contributed by atoms with Gasteiger partial charge in [0.15, 0.2) is 0 Å². The molecule has 1 amide bonds. The Morgan fingerprint density at radius 3 is 2.31 bits per heavy atom. The Hall–Kier alpha value is -4.26. The summed E-state index contributed by atoms with van der Waals surface area (Å²) in [6, 6.07) is 19.2. The fourth-order valence-corrected chi connectivity index (χ4v) is 4.96. The molecule has 1 saturated heterocycles. The first-order valence-corrected chi connectivity index (χ1v) is 13.4. The van der Waals surface area contributed by atoms with Crippen LogP contribution in [0, 0.1) is 6.92 Å². The Balaban J connectivity index is 1.85. The number of methoxy groups -OCH3 is 1. The average Bonchev–Trinajstić information content (AvgIpc) is 3.23. The average molecular weight is 529 g/mol. The minimum Gasteiger partial charge on any atom is -0.507 e. The van der Waals surface area contributed by atoms with Gasteiger partial charge in [0.25, 0.3) is 11.7 Å². The molecule has 1 aliphatic heterocycles. The Labute approximate surface area is 230 Å². The van der Waals surface area contributed by atoms with Crippen LogP contribution in [0.1, 0.15) is 49.9 Å². The number of carbonyl (C=O) groups is 2. The zero-order valence-corrected chi connectivity index (χ0v) is 23.2. The molecule has 7 heteroatoms. The summed E-state index contributed by atoms with van der Waals surface area (Å²) in [5, 5.41) is 11.5. The van der Waals surface area contributed by atoms with Crippen LogP contribution in [0.15, 0.2) is 72.3 Å². The van der Waals surface area contributed by atoms with Gasteiger partial charge in [0.05, 0.1) is 25.3 Å². The first-order chi connectivity index (χ1) is 18.8. The molecule has 0 aromatic heterocycles. The van der Waals surface area contributed by atoms with E-state index in [-0.39, 0.29) is 11.3 Å². The maximum Gasteiger partial charge on any atom is 0.300 e. The van der Waals surface area contributed by atoms with Crippen molar-refractivity contribution in [3.63, 3.8) is 0 Å². The Morgan fingerprint density at radius 1 is 0.974 bits per heavy atom. The van der Waals surface area contributed by atoms with E-state index in [4.69, 9.17) is 9.47 Å². The van der Waals surface area contributed by atoms with Gasteiger partial charge in [0.1, 0.15) is 17.3 Å². The smallest absolute Gasteiger partial charge is 0.300 e. The van der Waals surface area contributed by atoms with E-state index in [2.05, 4.69) is 18.7 Å². The molecule has 3 aromatic carbocycles. The number of aliphatic hydroxyl groups is 1. The van der Waals surface area contributed by atoms with Gasteiger partial charge in [0, 0.05) is 30.0 Å². The second-order valence-electron chi connectivity index (χ2n) is 9.46. The van der Waals surface area contributed by atoms with Gasteiger partial charge < -0.3 is 19.5 Å². The van der Waals surface area contributed by atoms with Crippen LogP contribution in [0.3, 0.4) is 0 Å². The number of hydrogen-bond acceptors (Lipinski definition) is 6. The molecule has 0 saturated carbocycles. The molecule has 1 N–H and O–H groups in total. The van der Waals surface area contributed by atoms with Crippen molar-refractivity contribution in [2.45, 2.75) is 40.2 Å². The number of aryl methyl sites for hydroxylation is 1. The van der Waals surface area contributed by atoms with Crippen molar-refractivity contribution in [2.75, 3.05) is 36.6 Å². The fraction of sp³-hybridized carbons (Fsp3) is 0.312. The van der Waals surface area contributed by atoms with Crippen LogP contribution in [0.2, 0.25) is 0 Å². The third-order valence-electron chi connectivity index (χ3n) is 7.02. The normalized spacial score (nSPS) is 16.4. The van der Waals surface area contributed by atoms with Crippen LogP contribution < -0.4 is 19.3 Å². The van der Waals surface area contributed by atoms with Crippen LogP contribution in [0.5, 0.6) is 11.5 Å². The number of carbonyl (C=O) groups excluding carboxylic acids is 2. The van der Waals surface area contributed by atoms with E-state index in [0.717, 1.165) is 30.8 Å². The van der Waals surface area contributed by atoms with Crippen molar-refractivity contribution in [1.82, 2.24) is 0 Å². The van der Waals surface area contributed by atoms with Gasteiger partial charge in [0.2, 0.25) is 0 Å². The van der Waals surface area contributed by atoms with Crippen LogP contribution >= 0.6 is 0 Å². The van der Waals surface area contributed by atoms with Crippen LogP contribution in [0.4, 0.5) is 11.4 Å². The molecule has 1 atom stereocenters. The van der Waals surface area contributed by atoms with Gasteiger partial charge in [-0.1, -0.05) is 19.1 Å². The van der Waals surface area contributed by atoms with E-state index >= 15 is 0 Å². The van der Waals surface area contributed by atoms with Crippen molar-refractivity contribution >= 4 is 28.8 Å². The Bertz CT molecular complexity index is 1380. The maximum atomic E-state index is 13.5. The summed E-state index contributed by atoms with van der Waals surface area (Å²) in [5.41, 5.74) is 3.55. The molecule has 1 unspecified atom stereocenters. The summed E-state index contributed by atoms with van der Waals surface area (Å²) < 4.78 is 11.2. The molecule has 0 radical (unpaired) electrons. The SMILES string of the molecule is CCCOc1ccc(/C(O)=C2/C(=O)C(=O)N(c3ccc(N(CC)CC)cc3)C2c2cccc(OC)c2)cc1C. The highest BCUT2D eigenvalue weighted by Crippen LogP contribution is 2.43. The van der Waals surface area contributed by atoms with Crippen molar-refractivity contribution in [1.29, 1.82) is 0 Å². The van der Waals surface area contributed by atoms with Gasteiger partial charge >= 0.3 is 0 Å². The molecule has 0 aliphatic carbocycles. The van der Waals surface area contributed by atoms with Crippen LogP contribution in [0.25, 0.3) is 5.76 Å². The summed E-state index contributed by atoms with van der Waals surface area (Å²) in [6.07, 6.45) is 0.876. The molecule has 1 aliphatic rings. The van der Waals surface area contributed by atoms with Gasteiger partial charge in [-0.25, -0.2) is 0 Å². The molecular weight excluding hydrogens is 492 g/mol. The first kappa shape index (κ1) is 27.8. The summed E-state index contributed by atoms with van der Waals surface area (Å²) in [6.45, 7) is 10.4. The van der Waals surface area contributed by atoms with E-state index in [1.807, 2.05) is 50.2 Å². The topological polar surface area (TPSA) is 79.3 Å². The largest absolute Gasteiger partial charge is 0.507 e. The van der Waals surface area contributed by atoms with Gasteiger partial charge in [-0.2, -0.15) is 0 Å². The molecular formula is C32H36N2O5. The van der Waals surface area contributed by atoms with Crippen molar-refractivity contribution in [3.8, 4) is 11.5 Å². The number of hydrogen-bond donors (Lipinski definition) is 1. The monoisotopic (exact) mass is 528 g/mol. The van der Waals surface area contributed by atoms with Crippen LogP contribution in [-0.4, -0.2) is 43.6 Å². The zero-order chi connectivity index (χ0) is 28.1. The maximum absolute atomic E-state index is 13.5. The standard InChI is InChI=1S/C32H36N2O5/c1-6-18-39-27-17-12-23(19-21(27)4)30(35)28-29(22-10-9-11-26(20-22)38-5)34(32(37)31(28)36)25-15-13-24(14-16-25)33(7-2)8-3/h9-17,19-20,29,35H,6-8,18H2,1-5H3/b30-28-. The molecule has 0 spiro atoms. The number of anilines is 2. The highest BCUT2D eigenvalue weighted by Gasteiger charge is 2.47. The number of Topliss-reactive ketones (excluding diaryl/α,β-unsaturated/α-hetero) is 1. The fourth-order valence-electron chi connectivity index (χ4n) is 4.96. The quantitative estimate of drug-likeness (QED) is 0.190. The van der Waals surface area contributed by atoms with E-state index in [0.29, 0.717) is 34.9 Å². The van der Waals surface area contributed by atoms with Crippen molar-refractivity contribution < 1.29 is 24.2 Å². The number of benzene rings is 3. The minimum atomic E-state index is -0.837. The molecule has 3 aromatic rings. The number of amides is 1. The summed E-state index contributed by atoms with van der Waals surface area (Å²) in [5.74, 6) is -0.361. The molecule has 1 heterocycles. The summed E-state index contributed by atoms with van der Waals surface area (Å²) in [4.78, 5) is 30.7. The van der Waals surface area contributed by atoms with Crippen molar-refractivity contribution in [2.24, 2.45) is 0 Å². The zero-order valence-electron chi connectivity index (χ0n) is 23.2. The lowest BCUT2D eigenvalue weighted by Crippen LogP contribution is -2.29. The molecule has 4 rings (SSSR count). The summed E-state index contributed by atoms with van der Waals surface area (Å²) in [7, 11) is 1.56. The minimum absolute atomic E-state index is 0.0303. The Kier molecular flexibility index (Phi) is 8.59. The summed E-state index contributed by atoms with van der Waals surface area (Å²) >= 11 is 0. The lowest BCUT2D eigenvalue weighted by Gasteiger charge is -2.27. The van der Waals surface area contributed by atoms with E-state index in [1.165, 1.54) is 4.90 Å². The number of rotatable bonds is 10. The predicted molar refractivity (Wildman–Crippen MR) is 155 cm³/mol. The molecule has 39 heavy (non-hydrogen) atoms. The number of nitrogens with zero attached hydrogens (tertiary/aromatic N) is 2. The Morgan fingerprint density at radius 2 is 1.69 bits per heavy atom. The lowest BCUT2D eigenvalue weighted by atomic mass is 9.94. The molecule has 204 valence electrons. The highest BCUT2D eigenvalue weighted by molar-refractivity contribution is 6.51. The highest BCUT2D eigenvalue weighted by atomic mass is 16.5. The lowest BCUT2D eigenvalue weighted by molar-refractivity contribution is -0.132.